The molecular weight excluding hydrogens is 192 g/mol. The van der Waals surface area contributed by atoms with E-state index in [2.05, 4.69) is 0 Å². The molecule has 0 spiro atoms. The standard InChI is InChI=1S/C9H11ClO3/c10-9(13)5-6-1-2-8(12)7(6)3-4-11/h4,6-7H,1-3,5H2/t6-,7-/m0/s1. The minimum absolute atomic E-state index is 0.0114. The second-order valence-corrected chi connectivity index (χ2v) is 3.75. The quantitative estimate of drug-likeness (QED) is 0.511. The van der Waals surface area contributed by atoms with Crippen molar-refractivity contribution in [3.63, 3.8) is 0 Å². The van der Waals surface area contributed by atoms with Gasteiger partial charge in [-0.1, -0.05) is 0 Å². The van der Waals surface area contributed by atoms with Crippen LogP contribution in [0.25, 0.3) is 0 Å². The zero-order valence-corrected chi connectivity index (χ0v) is 7.92. The van der Waals surface area contributed by atoms with Gasteiger partial charge in [-0.2, -0.15) is 0 Å². The molecule has 1 rings (SSSR count). The van der Waals surface area contributed by atoms with Gasteiger partial charge in [-0.25, -0.2) is 0 Å². The second-order valence-electron chi connectivity index (χ2n) is 3.33. The molecular formula is C9H11ClO3. The molecule has 1 saturated carbocycles. The summed E-state index contributed by atoms with van der Waals surface area (Å²) in [5.41, 5.74) is 0. The molecule has 0 aromatic heterocycles. The fourth-order valence-corrected chi connectivity index (χ4v) is 2.05. The van der Waals surface area contributed by atoms with Crippen molar-refractivity contribution in [3.8, 4) is 0 Å². The molecule has 0 aliphatic heterocycles. The maximum Gasteiger partial charge on any atom is 0.221 e. The van der Waals surface area contributed by atoms with E-state index in [-0.39, 0.29) is 30.5 Å². The van der Waals surface area contributed by atoms with Crippen LogP contribution in [0.5, 0.6) is 0 Å². The molecule has 4 heteroatoms. The van der Waals surface area contributed by atoms with Crippen molar-refractivity contribution in [2.24, 2.45) is 11.8 Å². The van der Waals surface area contributed by atoms with Gasteiger partial charge in [0, 0.05) is 25.2 Å². The van der Waals surface area contributed by atoms with E-state index in [1.54, 1.807) is 0 Å². The normalized spacial score (nSPS) is 27.6. The average molecular weight is 203 g/mol. The van der Waals surface area contributed by atoms with Gasteiger partial charge in [-0.05, 0) is 23.9 Å². The van der Waals surface area contributed by atoms with Gasteiger partial charge in [0.1, 0.15) is 12.1 Å². The largest absolute Gasteiger partial charge is 0.303 e. The number of halogens is 1. The Labute approximate surface area is 81.4 Å². The second kappa shape index (κ2) is 4.51. The van der Waals surface area contributed by atoms with E-state index in [1.165, 1.54) is 0 Å². The monoisotopic (exact) mass is 202 g/mol. The average Bonchev–Trinajstić information content (AvgIpc) is 2.35. The summed E-state index contributed by atoms with van der Waals surface area (Å²) in [5.74, 6) is -0.182. The van der Waals surface area contributed by atoms with Crippen LogP contribution in [0.15, 0.2) is 0 Å². The molecule has 0 aromatic carbocycles. The molecule has 1 aliphatic carbocycles. The van der Waals surface area contributed by atoms with Crippen LogP contribution in [-0.2, 0) is 14.4 Å². The van der Waals surface area contributed by atoms with Crippen LogP contribution in [0, 0.1) is 11.8 Å². The highest BCUT2D eigenvalue weighted by Gasteiger charge is 2.34. The number of Topliss-reactive ketones (excluding diaryl/α,β-unsaturated/α-hetero) is 1. The molecule has 0 saturated heterocycles. The Morgan fingerprint density at radius 3 is 2.85 bits per heavy atom. The van der Waals surface area contributed by atoms with Crippen molar-refractivity contribution in [3.05, 3.63) is 0 Å². The summed E-state index contributed by atoms with van der Waals surface area (Å²) in [6.07, 6.45) is 2.35. The lowest BCUT2D eigenvalue weighted by Crippen LogP contribution is -2.16. The van der Waals surface area contributed by atoms with Gasteiger partial charge in [-0.3, -0.25) is 9.59 Å². The van der Waals surface area contributed by atoms with Crippen molar-refractivity contribution in [1.82, 2.24) is 0 Å². The highest BCUT2D eigenvalue weighted by Crippen LogP contribution is 2.33. The minimum Gasteiger partial charge on any atom is -0.303 e. The van der Waals surface area contributed by atoms with Crippen LogP contribution >= 0.6 is 11.6 Å². The first-order valence-corrected chi connectivity index (χ1v) is 4.67. The first kappa shape index (κ1) is 10.4. The molecule has 1 fully saturated rings. The zero-order chi connectivity index (χ0) is 9.84. The smallest absolute Gasteiger partial charge is 0.221 e. The summed E-state index contributed by atoms with van der Waals surface area (Å²) in [6, 6.07) is 0. The van der Waals surface area contributed by atoms with E-state index in [4.69, 9.17) is 11.6 Å². The molecule has 72 valence electrons. The number of carbonyl (C=O) groups is 3. The molecule has 13 heavy (non-hydrogen) atoms. The Hall–Kier alpha value is -0.700. The Morgan fingerprint density at radius 2 is 2.31 bits per heavy atom. The molecule has 0 amide bonds. The Balaban J connectivity index is 2.58. The zero-order valence-electron chi connectivity index (χ0n) is 7.16. The van der Waals surface area contributed by atoms with Gasteiger partial charge >= 0.3 is 0 Å². The van der Waals surface area contributed by atoms with Crippen LogP contribution in [0.3, 0.4) is 0 Å². The van der Waals surface area contributed by atoms with Crippen molar-refractivity contribution in [1.29, 1.82) is 0 Å². The topological polar surface area (TPSA) is 51.2 Å². The number of rotatable bonds is 4. The number of hydrogen-bond donors (Lipinski definition) is 0. The van der Waals surface area contributed by atoms with Gasteiger partial charge in [0.2, 0.25) is 5.24 Å². The van der Waals surface area contributed by atoms with E-state index in [0.717, 1.165) is 6.29 Å². The summed E-state index contributed by atoms with van der Waals surface area (Å²) in [4.78, 5) is 32.1. The van der Waals surface area contributed by atoms with Crippen molar-refractivity contribution in [2.45, 2.75) is 25.7 Å². The number of aldehydes is 1. The third-order valence-corrected chi connectivity index (χ3v) is 2.67. The first-order chi connectivity index (χ1) is 6.15. The predicted octanol–water partition coefficient (Wildman–Crippen LogP) is 1.33. The number of carbonyl (C=O) groups excluding carboxylic acids is 3. The lowest BCUT2D eigenvalue weighted by Gasteiger charge is -2.12. The van der Waals surface area contributed by atoms with E-state index in [9.17, 15) is 14.4 Å². The van der Waals surface area contributed by atoms with Crippen LogP contribution in [0.1, 0.15) is 25.7 Å². The molecule has 0 unspecified atom stereocenters. The van der Waals surface area contributed by atoms with Gasteiger partial charge in [0.15, 0.2) is 0 Å². The molecule has 3 nitrogen and oxygen atoms in total. The maximum absolute atomic E-state index is 11.2. The molecule has 0 N–H and O–H groups in total. The lowest BCUT2D eigenvalue weighted by molar-refractivity contribution is -0.123. The molecule has 2 atom stereocenters. The van der Waals surface area contributed by atoms with Crippen molar-refractivity contribution >= 4 is 28.9 Å². The fraction of sp³-hybridized carbons (Fsp3) is 0.667. The van der Waals surface area contributed by atoms with E-state index < -0.39 is 5.24 Å². The van der Waals surface area contributed by atoms with E-state index >= 15 is 0 Å². The summed E-state index contributed by atoms with van der Waals surface area (Å²) in [7, 11) is 0. The van der Waals surface area contributed by atoms with Crippen LogP contribution in [-0.4, -0.2) is 17.3 Å². The molecule has 0 heterocycles. The third-order valence-electron chi connectivity index (χ3n) is 2.52. The number of ketones is 1. The SMILES string of the molecule is O=CC[C@@H]1C(=O)CC[C@H]1CC(=O)Cl. The highest BCUT2D eigenvalue weighted by atomic mass is 35.5. The van der Waals surface area contributed by atoms with Crippen molar-refractivity contribution in [2.75, 3.05) is 0 Å². The molecule has 0 bridgehead atoms. The first-order valence-electron chi connectivity index (χ1n) is 4.30. The van der Waals surface area contributed by atoms with E-state index in [1.807, 2.05) is 0 Å². The van der Waals surface area contributed by atoms with Crippen LogP contribution < -0.4 is 0 Å². The lowest BCUT2D eigenvalue weighted by atomic mass is 9.91. The third kappa shape index (κ3) is 2.62. The minimum atomic E-state index is -0.421. The summed E-state index contributed by atoms with van der Waals surface area (Å²) >= 11 is 5.23. The Morgan fingerprint density at radius 1 is 1.62 bits per heavy atom. The van der Waals surface area contributed by atoms with Crippen molar-refractivity contribution < 1.29 is 14.4 Å². The summed E-state index contributed by atoms with van der Waals surface area (Å²) in [5, 5.41) is -0.421. The van der Waals surface area contributed by atoms with Gasteiger partial charge < -0.3 is 4.79 Å². The Kier molecular flexibility index (Phi) is 3.60. The summed E-state index contributed by atoms with van der Waals surface area (Å²) in [6.45, 7) is 0. The summed E-state index contributed by atoms with van der Waals surface area (Å²) < 4.78 is 0. The Bertz CT molecular complexity index is 237. The van der Waals surface area contributed by atoms with Gasteiger partial charge in [0.05, 0.1) is 0 Å². The van der Waals surface area contributed by atoms with E-state index in [0.29, 0.717) is 12.8 Å². The fourth-order valence-electron chi connectivity index (χ4n) is 1.86. The highest BCUT2D eigenvalue weighted by molar-refractivity contribution is 6.63. The van der Waals surface area contributed by atoms with Crippen LogP contribution in [0.2, 0.25) is 0 Å². The van der Waals surface area contributed by atoms with Crippen LogP contribution in [0.4, 0.5) is 0 Å². The molecule has 0 aromatic rings. The number of hydrogen-bond acceptors (Lipinski definition) is 3. The van der Waals surface area contributed by atoms with Gasteiger partial charge in [-0.15, -0.1) is 0 Å². The van der Waals surface area contributed by atoms with Gasteiger partial charge in [0.25, 0.3) is 0 Å². The maximum atomic E-state index is 11.2. The molecule has 0 radical (unpaired) electrons. The molecule has 1 aliphatic rings. The predicted molar refractivity (Wildman–Crippen MR) is 47.4 cm³/mol.